The van der Waals surface area contributed by atoms with Crippen LogP contribution in [0.2, 0.25) is 0 Å². The first-order valence-electron chi connectivity index (χ1n) is 9.13. The number of aromatic nitrogens is 2. The molecule has 0 saturated carbocycles. The molecule has 0 saturated heterocycles. The topological polar surface area (TPSA) is 64.0 Å². The second kappa shape index (κ2) is 8.17. The fourth-order valence-corrected chi connectivity index (χ4v) is 2.93. The van der Waals surface area contributed by atoms with Crippen LogP contribution < -0.4 is 10.9 Å². The highest BCUT2D eigenvalue weighted by atomic mass is 19.1. The summed E-state index contributed by atoms with van der Waals surface area (Å²) in [6.07, 6.45) is 0.385. The van der Waals surface area contributed by atoms with Crippen molar-refractivity contribution < 1.29 is 9.18 Å². The van der Waals surface area contributed by atoms with E-state index in [-0.39, 0.29) is 17.3 Å². The normalized spacial score (nSPS) is 11.9. The molecule has 0 fully saturated rings. The van der Waals surface area contributed by atoms with E-state index in [2.05, 4.69) is 10.4 Å². The van der Waals surface area contributed by atoms with E-state index in [0.29, 0.717) is 17.8 Å². The summed E-state index contributed by atoms with van der Waals surface area (Å²) in [4.78, 5) is 25.1. The molecule has 0 aliphatic heterocycles. The third-order valence-electron chi connectivity index (χ3n) is 4.72. The fraction of sp³-hybridized carbons (Fsp3) is 0.227. The maximum Gasteiger partial charge on any atom is 0.267 e. The minimum absolute atomic E-state index is 0.353. The van der Waals surface area contributed by atoms with Crippen LogP contribution in [-0.2, 0) is 4.79 Å². The second-order valence-electron chi connectivity index (χ2n) is 6.72. The molecular formula is C22H22FN3O2. The van der Waals surface area contributed by atoms with Crippen molar-refractivity contribution in [1.82, 2.24) is 9.78 Å². The Kier molecular flexibility index (Phi) is 5.68. The van der Waals surface area contributed by atoms with Crippen LogP contribution in [0, 0.1) is 19.7 Å². The Labute approximate surface area is 162 Å². The third kappa shape index (κ3) is 4.17. The minimum atomic E-state index is -0.774. The molecule has 144 valence electrons. The number of halogens is 1. The maximum absolute atomic E-state index is 13.1. The Hall–Kier alpha value is -3.28. The van der Waals surface area contributed by atoms with Crippen LogP contribution in [0.5, 0.6) is 0 Å². The summed E-state index contributed by atoms with van der Waals surface area (Å²) in [5.74, 6) is -0.759. The highest BCUT2D eigenvalue weighted by molar-refractivity contribution is 5.93. The molecule has 6 heteroatoms. The lowest BCUT2D eigenvalue weighted by molar-refractivity contribution is -0.119. The maximum atomic E-state index is 13.1. The molecule has 1 heterocycles. The van der Waals surface area contributed by atoms with Gasteiger partial charge in [-0.25, -0.2) is 9.07 Å². The van der Waals surface area contributed by atoms with Crippen molar-refractivity contribution in [1.29, 1.82) is 0 Å². The van der Waals surface area contributed by atoms with Crippen molar-refractivity contribution in [3.8, 4) is 11.3 Å². The van der Waals surface area contributed by atoms with Crippen LogP contribution in [0.15, 0.2) is 59.4 Å². The zero-order valence-corrected chi connectivity index (χ0v) is 16.1. The standard InChI is InChI=1S/C22H22FN3O2/c1-4-20(22(28)24-18-9-7-17(23)8-10-18)26-21(27)12-11-19(25-26)16-6-5-14(2)15(3)13-16/h5-13,20H,4H2,1-3H3,(H,24,28)/t20-/m0/s1. The number of nitrogens with one attached hydrogen (secondary N) is 1. The summed E-state index contributed by atoms with van der Waals surface area (Å²) in [5.41, 5.74) is 3.90. The molecule has 1 aromatic heterocycles. The fourth-order valence-electron chi connectivity index (χ4n) is 2.93. The summed E-state index contributed by atoms with van der Waals surface area (Å²) < 4.78 is 14.3. The van der Waals surface area contributed by atoms with Crippen LogP contribution >= 0.6 is 0 Å². The summed E-state index contributed by atoms with van der Waals surface area (Å²) in [5, 5.41) is 7.16. The van der Waals surface area contributed by atoms with Gasteiger partial charge in [-0.05, 0) is 67.8 Å². The van der Waals surface area contributed by atoms with Gasteiger partial charge in [-0.2, -0.15) is 5.10 Å². The second-order valence-corrected chi connectivity index (χ2v) is 6.72. The van der Waals surface area contributed by atoms with Gasteiger partial charge in [0.25, 0.3) is 5.56 Å². The van der Waals surface area contributed by atoms with Gasteiger partial charge in [-0.15, -0.1) is 0 Å². The lowest BCUT2D eigenvalue weighted by atomic mass is 10.0. The van der Waals surface area contributed by atoms with Gasteiger partial charge in [0.15, 0.2) is 0 Å². The number of hydrogen-bond donors (Lipinski definition) is 1. The van der Waals surface area contributed by atoms with E-state index in [1.165, 1.54) is 40.6 Å². The van der Waals surface area contributed by atoms with Crippen LogP contribution in [0.25, 0.3) is 11.3 Å². The van der Waals surface area contributed by atoms with Crippen LogP contribution in [0.1, 0.15) is 30.5 Å². The molecule has 28 heavy (non-hydrogen) atoms. The van der Waals surface area contributed by atoms with E-state index in [0.717, 1.165) is 11.1 Å². The van der Waals surface area contributed by atoms with Crippen molar-refractivity contribution in [2.24, 2.45) is 0 Å². The SMILES string of the molecule is CC[C@@H](C(=O)Nc1ccc(F)cc1)n1nc(-c2ccc(C)c(C)c2)ccc1=O. The number of amides is 1. The van der Waals surface area contributed by atoms with E-state index in [9.17, 15) is 14.0 Å². The number of rotatable bonds is 5. The third-order valence-corrected chi connectivity index (χ3v) is 4.72. The first-order chi connectivity index (χ1) is 13.4. The molecule has 1 N–H and O–H groups in total. The van der Waals surface area contributed by atoms with Gasteiger partial charge in [-0.3, -0.25) is 9.59 Å². The quantitative estimate of drug-likeness (QED) is 0.721. The van der Waals surface area contributed by atoms with Gasteiger partial charge in [0, 0.05) is 17.3 Å². The molecular weight excluding hydrogens is 357 g/mol. The smallest absolute Gasteiger partial charge is 0.267 e. The molecule has 0 aliphatic rings. The van der Waals surface area contributed by atoms with Gasteiger partial charge in [0.2, 0.25) is 5.91 Å². The molecule has 3 aromatic rings. The molecule has 2 aromatic carbocycles. The zero-order valence-electron chi connectivity index (χ0n) is 16.1. The largest absolute Gasteiger partial charge is 0.324 e. The lowest BCUT2D eigenvalue weighted by Crippen LogP contribution is -2.34. The highest BCUT2D eigenvalue weighted by Crippen LogP contribution is 2.21. The predicted octanol–water partition coefficient (Wildman–Crippen LogP) is 4.26. The Balaban J connectivity index is 1.93. The number of nitrogens with zero attached hydrogens (tertiary/aromatic N) is 2. The van der Waals surface area contributed by atoms with Gasteiger partial charge in [0.1, 0.15) is 11.9 Å². The summed E-state index contributed by atoms with van der Waals surface area (Å²) >= 11 is 0. The highest BCUT2D eigenvalue weighted by Gasteiger charge is 2.21. The van der Waals surface area contributed by atoms with Crippen molar-refractivity contribution in [3.63, 3.8) is 0 Å². The number of carbonyl (C=O) groups is 1. The van der Waals surface area contributed by atoms with Crippen LogP contribution in [0.4, 0.5) is 10.1 Å². The number of carbonyl (C=O) groups excluding carboxylic acids is 1. The van der Waals surface area contributed by atoms with E-state index < -0.39 is 6.04 Å². The summed E-state index contributed by atoms with van der Waals surface area (Å²) in [6.45, 7) is 5.85. The van der Waals surface area contributed by atoms with Crippen LogP contribution in [0.3, 0.4) is 0 Å². The number of anilines is 1. The number of hydrogen-bond acceptors (Lipinski definition) is 3. The molecule has 0 bridgehead atoms. The molecule has 0 spiro atoms. The minimum Gasteiger partial charge on any atom is -0.324 e. The monoisotopic (exact) mass is 379 g/mol. The van der Waals surface area contributed by atoms with Gasteiger partial charge in [-0.1, -0.05) is 19.1 Å². The Morgan fingerprint density at radius 3 is 2.43 bits per heavy atom. The molecule has 0 radical (unpaired) electrons. The number of aryl methyl sites for hydroxylation is 2. The lowest BCUT2D eigenvalue weighted by Gasteiger charge is -2.17. The molecule has 3 rings (SSSR count). The van der Waals surface area contributed by atoms with Crippen molar-refractivity contribution in [2.75, 3.05) is 5.32 Å². The van der Waals surface area contributed by atoms with Gasteiger partial charge in [0.05, 0.1) is 5.69 Å². The van der Waals surface area contributed by atoms with Crippen molar-refractivity contribution >= 4 is 11.6 Å². The molecule has 0 unspecified atom stereocenters. The van der Waals surface area contributed by atoms with Gasteiger partial charge < -0.3 is 5.32 Å². The molecule has 1 amide bonds. The van der Waals surface area contributed by atoms with Gasteiger partial charge >= 0.3 is 0 Å². The average Bonchev–Trinajstić information content (AvgIpc) is 2.68. The first kappa shape index (κ1) is 19.5. The van der Waals surface area contributed by atoms with E-state index in [4.69, 9.17) is 0 Å². The molecule has 0 aliphatic carbocycles. The molecule has 1 atom stereocenters. The zero-order chi connectivity index (χ0) is 20.3. The van der Waals surface area contributed by atoms with Crippen molar-refractivity contribution in [3.05, 3.63) is 81.9 Å². The Morgan fingerprint density at radius 1 is 1.07 bits per heavy atom. The first-order valence-corrected chi connectivity index (χ1v) is 9.13. The summed E-state index contributed by atoms with van der Waals surface area (Å²) in [6, 6.07) is 13.7. The Morgan fingerprint density at radius 2 is 1.79 bits per heavy atom. The van der Waals surface area contributed by atoms with E-state index in [1.807, 2.05) is 39.0 Å². The Bertz CT molecular complexity index is 1060. The van der Waals surface area contributed by atoms with Crippen LogP contribution in [-0.4, -0.2) is 15.7 Å². The van der Waals surface area contributed by atoms with Crippen molar-refractivity contribution in [2.45, 2.75) is 33.2 Å². The number of benzene rings is 2. The van der Waals surface area contributed by atoms with E-state index in [1.54, 1.807) is 6.07 Å². The molecule has 5 nitrogen and oxygen atoms in total. The average molecular weight is 379 g/mol. The predicted molar refractivity (Wildman–Crippen MR) is 108 cm³/mol. The summed E-state index contributed by atoms with van der Waals surface area (Å²) in [7, 11) is 0. The van der Waals surface area contributed by atoms with E-state index >= 15 is 0 Å².